The Balaban J connectivity index is 1.85. The first-order valence-electron chi connectivity index (χ1n) is 9.81. The summed E-state index contributed by atoms with van der Waals surface area (Å²) >= 11 is 5.87. The highest BCUT2D eigenvalue weighted by Crippen LogP contribution is 2.27. The smallest absolute Gasteiger partial charge is 0.337 e. The summed E-state index contributed by atoms with van der Waals surface area (Å²) in [7, 11) is -2.70. The predicted molar refractivity (Wildman–Crippen MR) is 120 cm³/mol. The second-order valence-electron chi connectivity index (χ2n) is 7.10. The van der Waals surface area contributed by atoms with Crippen LogP contribution in [0.15, 0.2) is 59.0 Å². The van der Waals surface area contributed by atoms with Crippen LogP contribution in [0.4, 0.5) is 11.4 Å². The van der Waals surface area contributed by atoms with Gasteiger partial charge in [0.15, 0.2) is 0 Å². The van der Waals surface area contributed by atoms with Gasteiger partial charge in [-0.2, -0.15) is 0 Å². The molecule has 160 valence electrons. The van der Waals surface area contributed by atoms with E-state index in [1.54, 1.807) is 36.4 Å². The van der Waals surface area contributed by atoms with Gasteiger partial charge in [-0.15, -0.1) is 0 Å². The van der Waals surface area contributed by atoms with Crippen molar-refractivity contribution in [2.45, 2.75) is 37.0 Å². The van der Waals surface area contributed by atoms with Gasteiger partial charge in [0.1, 0.15) is 4.90 Å². The second kappa shape index (κ2) is 10.00. The van der Waals surface area contributed by atoms with E-state index < -0.39 is 16.0 Å². The molecule has 0 aliphatic heterocycles. The third-order valence-electron chi connectivity index (χ3n) is 4.94. The van der Waals surface area contributed by atoms with Gasteiger partial charge in [-0.3, -0.25) is 4.72 Å². The van der Waals surface area contributed by atoms with E-state index in [1.807, 2.05) is 0 Å². The summed E-state index contributed by atoms with van der Waals surface area (Å²) in [5.74, 6) is -0.600. The molecule has 0 saturated heterocycles. The molecule has 1 aliphatic rings. The molecule has 0 amide bonds. The highest BCUT2D eigenvalue weighted by atomic mass is 35.5. The first-order valence-corrected chi connectivity index (χ1v) is 11.7. The quantitative estimate of drug-likeness (QED) is 0.426. The monoisotopic (exact) mass is 448 g/mol. The molecule has 0 heterocycles. The SMILES string of the molecule is COC(=O)c1ccc(NCCC2=CCCCC2)c(S(=O)(=O)Nc2ccc(Cl)cc2)c1. The van der Waals surface area contributed by atoms with Crippen LogP contribution in [0.2, 0.25) is 5.02 Å². The van der Waals surface area contributed by atoms with Crippen molar-refractivity contribution in [2.75, 3.05) is 23.7 Å². The molecule has 0 atom stereocenters. The van der Waals surface area contributed by atoms with E-state index >= 15 is 0 Å². The third kappa shape index (κ3) is 5.77. The van der Waals surface area contributed by atoms with Crippen molar-refractivity contribution in [1.29, 1.82) is 0 Å². The number of allylic oxidation sites excluding steroid dienone is 1. The van der Waals surface area contributed by atoms with Crippen LogP contribution in [0.3, 0.4) is 0 Å². The minimum atomic E-state index is -3.95. The highest BCUT2D eigenvalue weighted by Gasteiger charge is 2.21. The lowest BCUT2D eigenvalue weighted by Gasteiger charge is -2.17. The zero-order valence-corrected chi connectivity index (χ0v) is 18.4. The molecule has 0 unspecified atom stereocenters. The van der Waals surface area contributed by atoms with Crippen molar-refractivity contribution in [3.8, 4) is 0 Å². The fourth-order valence-corrected chi connectivity index (χ4v) is 4.75. The minimum absolute atomic E-state index is 0.0158. The maximum atomic E-state index is 13.1. The number of nitrogens with one attached hydrogen (secondary N) is 2. The molecule has 30 heavy (non-hydrogen) atoms. The standard InChI is InChI=1S/C22H25ClN2O4S/c1-29-22(26)17-7-12-20(24-14-13-16-5-3-2-4-6-16)21(15-17)30(27,28)25-19-10-8-18(23)9-11-19/h5,7-12,15,24-25H,2-4,6,13-14H2,1H3. The van der Waals surface area contributed by atoms with Gasteiger partial charge in [0.05, 0.1) is 18.4 Å². The second-order valence-corrected chi connectivity index (χ2v) is 9.19. The number of esters is 1. The Kier molecular flexibility index (Phi) is 7.39. The van der Waals surface area contributed by atoms with Crippen LogP contribution in [-0.2, 0) is 14.8 Å². The molecule has 0 aromatic heterocycles. The van der Waals surface area contributed by atoms with E-state index in [0.29, 0.717) is 22.9 Å². The fourth-order valence-electron chi connectivity index (χ4n) is 3.35. The maximum absolute atomic E-state index is 13.1. The van der Waals surface area contributed by atoms with Crippen molar-refractivity contribution < 1.29 is 17.9 Å². The Hall–Kier alpha value is -2.51. The predicted octanol–water partition coefficient (Wildman–Crippen LogP) is 5.23. The van der Waals surface area contributed by atoms with Crippen LogP contribution >= 0.6 is 11.6 Å². The van der Waals surface area contributed by atoms with Gasteiger partial charge < -0.3 is 10.1 Å². The molecule has 8 heteroatoms. The van der Waals surface area contributed by atoms with E-state index in [2.05, 4.69) is 16.1 Å². The van der Waals surface area contributed by atoms with Crippen LogP contribution in [0.5, 0.6) is 0 Å². The van der Waals surface area contributed by atoms with E-state index in [9.17, 15) is 13.2 Å². The molecule has 0 saturated carbocycles. The van der Waals surface area contributed by atoms with E-state index in [0.717, 1.165) is 19.3 Å². The van der Waals surface area contributed by atoms with E-state index in [4.69, 9.17) is 16.3 Å². The normalized spacial score (nSPS) is 14.0. The molecule has 1 aliphatic carbocycles. The Labute approximate surface area is 182 Å². The van der Waals surface area contributed by atoms with Crippen molar-refractivity contribution in [3.63, 3.8) is 0 Å². The number of methoxy groups -OCH3 is 1. The maximum Gasteiger partial charge on any atom is 0.337 e. The summed E-state index contributed by atoms with van der Waals surface area (Å²) in [6.07, 6.45) is 7.74. The lowest BCUT2D eigenvalue weighted by molar-refractivity contribution is 0.0600. The number of ether oxygens (including phenoxy) is 1. The molecule has 0 spiro atoms. The molecule has 2 aromatic carbocycles. The minimum Gasteiger partial charge on any atom is -0.465 e. The molecule has 6 nitrogen and oxygen atoms in total. The van der Waals surface area contributed by atoms with Gasteiger partial charge >= 0.3 is 5.97 Å². The summed E-state index contributed by atoms with van der Waals surface area (Å²) in [6.45, 7) is 0.604. The molecule has 0 fully saturated rings. The first-order chi connectivity index (χ1) is 14.4. The Morgan fingerprint density at radius 1 is 1.13 bits per heavy atom. The van der Waals surface area contributed by atoms with Gasteiger partial charge in [0, 0.05) is 17.3 Å². The zero-order valence-electron chi connectivity index (χ0n) is 16.8. The van der Waals surface area contributed by atoms with E-state index in [-0.39, 0.29) is 10.5 Å². The van der Waals surface area contributed by atoms with Gasteiger partial charge in [-0.05, 0) is 74.6 Å². The number of rotatable bonds is 8. The van der Waals surface area contributed by atoms with Gasteiger partial charge in [0.25, 0.3) is 10.0 Å². The fraction of sp³-hybridized carbons (Fsp3) is 0.318. The number of hydrogen-bond donors (Lipinski definition) is 2. The van der Waals surface area contributed by atoms with Crippen molar-refractivity contribution in [1.82, 2.24) is 0 Å². The molecular weight excluding hydrogens is 424 g/mol. The largest absolute Gasteiger partial charge is 0.465 e. The summed E-state index contributed by atoms with van der Waals surface area (Å²) < 4.78 is 33.5. The van der Waals surface area contributed by atoms with Crippen LogP contribution in [0.1, 0.15) is 42.5 Å². The van der Waals surface area contributed by atoms with Crippen molar-refractivity contribution >= 4 is 39.0 Å². The summed E-state index contributed by atoms with van der Waals surface area (Å²) in [5.41, 5.74) is 2.36. The van der Waals surface area contributed by atoms with Crippen LogP contribution in [0.25, 0.3) is 0 Å². The topological polar surface area (TPSA) is 84.5 Å². The number of benzene rings is 2. The third-order valence-corrected chi connectivity index (χ3v) is 6.61. The van der Waals surface area contributed by atoms with Crippen LogP contribution < -0.4 is 10.0 Å². The summed E-state index contributed by atoms with van der Waals surface area (Å²) in [5, 5.41) is 3.72. The molecule has 0 radical (unpaired) electrons. The number of anilines is 2. The Morgan fingerprint density at radius 3 is 2.57 bits per heavy atom. The number of sulfonamides is 1. The molecule has 0 bridgehead atoms. The molecule has 2 N–H and O–H groups in total. The zero-order chi connectivity index (χ0) is 21.6. The average Bonchev–Trinajstić information content (AvgIpc) is 2.75. The van der Waals surface area contributed by atoms with Gasteiger partial charge in [-0.25, -0.2) is 13.2 Å². The number of carbonyl (C=O) groups excluding carboxylic acids is 1. The lowest BCUT2D eigenvalue weighted by Crippen LogP contribution is -2.17. The molecular formula is C22H25ClN2O4S. The number of hydrogen-bond acceptors (Lipinski definition) is 5. The molecule has 2 aromatic rings. The number of halogens is 1. The van der Waals surface area contributed by atoms with Gasteiger partial charge in [-0.1, -0.05) is 23.3 Å². The first kappa shape index (κ1) is 22.2. The van der Waals surface area contributed by atoms with Crippen LogP contribution in [-0.4, -0.2) is 28.0 Å². The average molecular weight is 449 g/mol. The van der Waals surface area contributed by atoms with Crippen LogP contribution in [0, 0.1) is 0 Å². The highest BCUT2D eigenvalue weighted by molar-refractivity contribution is 7.92. The van der Waals surface area contributed by atoms with Crippen molar-refractivity contribution in [3.05, 3.63) is 64.7 Å². The summed E-state index contributed by atoms with van der Waals surface area (Å²) in [4.78, 5) is 11.9. The van der Waals surface area contributed by atoms with E-state index in [1.165, 1.54) is 31.6 Å². The van der Waals surface area contributed by atoms with Gasteiger partial charge in [0.2, 0.25) is 0 Å². The number of carbonyl (C=O) groups is 1. The lowest BCUT2D eigenvalue weighted by atomic mass is 9.97. The van der Waals surface area contributed by atoms with Crippen molar-refractivity contribution in [2.24, 2.45) is 0 Å². The summed E-state index contributed by atoms with van der Waals surface area (Å²) in [6, 6.07) is 10.8. The Bertz CT molecular complexity index is 1030. The molecule has 3 rings (SSSR count). The Morgan fingerprint density at radius 2 is 1.90 bits per heavy atom.